The van der Waals surface area contributed by atoms with Crippen LogP contribution in [0.4, 0.5) is 0 Å². The lowest BCUT2D eigenvalue weighted by atomic mass is 9.79. The van der Waals surface area contributed by atoms with Gasteiger partial charge < -0.3 is 24.4 Å². The van der Waals surface area contributed by atoms with Crippen molar-refractivity contribution in [1.82, 2.24) is 0 Å². The van der Waals surface area contributed by atoms with Gasteiger partial charge in [-0.2, -0.15) is 0 Å². The molecule has 2 N–H and O–H groups in total. The molecule has 0 radical (unpaired) electrons. The molecule has 114 valence electrons. The van der Waals surface area contributed by atoms with Crippen LogP contribution in [0, 0.1) is 5.92 Å². The zero-order chi connectivity index (χ0) is 14.9. The molecule has 1 fully saturated rings. The van der Waals surface area contributed by atoms with Gasteiger partial charge in [0, 0.05) is 6.07 Å². The van der Waals surface area contributed by atoms with Gasteiger partial charge in [-0.25, -0.2) is 0 Å². The molecule has 0 spiro atoms. The van der Waals surface area contributed by atoms with E-state index in [4.69, 9.17) is 19.3 Å². The van der Waals surface area contributed by atoms with Crippen LogP contribution >= 0.6 is 0 Å². The summed E-state index contributed by atoms with van der Waals surface area (Å²) in [6.07, 6.45) is 1.84. The number of rotatable bonds is 4. The SMILES string of the molecule is O=C(O)C1CCC(O)(COc2ccc3c(c2)OCO3)CC1. The Bertz CT molecular complexity index is 533. The highest BCUT2D eigenvalue weighted by Gasteiger charge is 2.36. The fraction of sp³-hybridized carbons (Fsp3) is 0.533. The fourth-order valence-corrected chi connectivity index (χ4v) is 2.73. The summed E-state index contributed by atoms with van der Waals surface area (Å²) in [7, 11) is 0. The largest absolute Gasteiger partial charge is 0.490 e. The standard InChI is InChI=1S/C15H18O6/c16-14(17)10-3-5-15(18,6-4-10)8-19-11-1-2-12-13(7-11)21-9-20-12/h1-2,7,10,18H,3-6,8-9H2,(H,16,17). The second kappa shape index (κ2) is 5.44. The number of ether oxygens (including phenoxy) is 3. The van der Waals surface area contributed by atoms with Crippen LogP contribution in [0.2, 0.25) is 0 Å². The van der Waals surface area contributed by atoms with Crippen molar-refractivity contribution in [3.63, 3.8) is 0 Å². The van der Waals surface area contributed by atoms with E-state index < -0.39 is 11.6 Å². The molecular weight excluding hydrogens is 276 g/mol. The van der Waals surface area contributed by atoms with Crippen LogP contribution in [-0.2, 0) is 4.79 Å². The summed E-state index contributed by atoms with van der Waals surface area (Å²) < 4.78 is 16.1. The number of aliphatic carboxylic acids is 1. The second-order valence-electron chi connectivity index (χ2n) is 5.64. The van der Waals surface area contributed by atoms with Gasteiger partial charge in [0.2, 0.25) is 6.79 Å². The maximum absolute atomic E-state index is 10.9. The Kier molecular flexibility index (Phi) is 3.63. The van der Waals surface area contributed by atoms with Crippen molar-refractivity contribution in [2.75, 3.05) is 13.4 Å². The number of aliphatic hydroxyl groups is 1. The minimum absolute atomic E-state index is 0.152. The van der Waals surface area contributed by atoms with Gasteiger partial charge in [0.25, 0.3) is 0 Å². The smallest absolute Gasteiger partial charge is 0.306 e. The van der Waals surface area contributed by atoms with E-state index in [1.54, 1.807) is 18.2 Å². The molecule has 0 saturated heterocycles. The Labute approximate surface area is 122 Å². The normalized spacial score (nSPS) is 27.4. The first-order valence-corrected chi connectivity index (χ1v) is 7.03. The molecule has 1 aliphatic carbocycles. The summed E-state index contributed by atoms with van der Waals surface area (Å²) in [6, 6.07) is 5.26. The van der Waals surface area contributed by atoms with Gasteiger partial charge in [-0.3, -0.25) is 4.79 Å². The average Bonchev–Trinajstić information content (AvgIpc) is 2.93. The molecule has 0 amide bonds. The lowest BCUT2D eigenvalue weighted by Gasteiger charge is -2.34. The summed E-state index contributed by atoms with van der Waals surface area (Å²) in [5, 5.41) is 19.4. The van der Waals surface area contributed by atoms with Crippen LogP contribution in [0.3, 0.4) is 0 Å². The average molecular weight is 294 g/mol. The van der Waals surface area contributed by atoms with Crippen molar-refractivity contribution < 1.29 is 29.2 Å². The van der Waals surface area contributed by atoms with Crippen molar-refractivity contribution in [2.24, 2.45) is 5.92 Å². The Morgan fingerprint density at radius 1 is 1.29 bits per heavy atom. The second-order valence-corrected chi connectivity index (χ2v) is 5.64. The van der Waals surface area contributed by atoms with Gasteiger partial charge in [-0.05, 0) is 37.8 Å². The molecule has 1 aromatic rings. The highest BCUT2D eigenvalue weighted by Crippen LogP contribution is 2.36. The first-order chi connectivity index (χ1) is 10.1. The zero-order valence-electron chi connectivity index (χ0n) is 11.6. The lowest BCUT2D eigenvalue weighted by molar-refractivity contribution is -0.145. The van der Waals surface area contributed by atoms with Crippen LogP contribution < -0.4 is 14.2 Å². The van der Waals surface area contributed by atoms with Gasteiger partial charge in [-0.15, -0.1) is 0 Å². The van der Waals surface area contributed by atoms with E-state index in [1.165, 1.54) is 0 Å². The molecular formula is C15H18O6. The van der Waals surface area contributed by atoms with E-state index >= 15 is 0 Å². The molecule has 0 unspecified atom stereocenters. The number of fused-ring (bicyclic) bond motifs is 1. The van der Waals surface area contributed by atoms with E-state index in [0.717, 1.165) is 0 Å². The zero-order valence-corrected chi connectivity index (χ0v) is 11.6. The van der Waals surface area contributed by atoms with Crippen molar-refractivity contribution >= 4 is 5.97 Å². The topological polar surface area (TPSA) is 85.2 Å². The third-order valence-electron chi connectivity index (χ3n) is 4.12. The van der Waals surface area contributed by atoms with Crippen LogP contribution in [0.1, 0.15) is 25.7 Å². The first kappa shape index (κ1) is 14.0. The summed E-state index contributed by atoms with van der Waals surface area (Å²) in [5.74, 6) is 0.787. The molecule has 2 aliphatic rings. The maximum atomic E-state index is 10.9. The Balaban J connectivity index is 1.56. The summed E-state index contributed by atoms with van der Waals surface area (Å²) >= 11 is 0. The fourth-order valence-electron chi connectivity index (χ4n) is 2.73. The molecule has 1 heterocycles. The third-order valence-corrected chi connectivity index (χ3v) is 4.12. The van der Waals surface area contributed by atoms with Gasteiger partial charge in [0.1, 0.15) is 12.4 Å². The highest BCUT2D eigenvalue weighted by atomic mass is 16.7. The minimum atomic E-state index is -0.956. The van der Waals surface area contributed by atoms with Gasteiger partial charge in [0.15, 0.2) is 11.5 Å². The number of hydrogen-bond donors (Lipinski definition) is 2. The van der Waals surface area contributed by atoms with E-state index in [-0.39, 0.29) is 19.3 Å². The van der Waals surface area contributed by atoms with Crippen molar-refractivity contribution in [3.8, 4) is 17.2 Å². The predicted molar refractivity (Wildman–Crippen MR) is 72.6 cm³/mol. The van der Waals surface area contributed by atoms with E-state index in [9.17, 15) is 9.90 Å². The van der Waals surface area contributed by atoms with Crippen LogP contribution in [0.25, 0.3) is 0 Å². The predicted octanol–water partition coefficient (Wildman–Crippen LogP) is 1.80. The number of hydrogen-bond acceptors (Lipinski definition) is 5. The maximum Gasteiger partial charge on any atom is 0.306 e. The van der Waals surface area contributed by atoms with Crippen LogP contribution in [0.5, 0.6) is 17.2 Å². The molecule has 1 aliphatic heterocycles. The van der Waals surface area contributed by atoms with E-state index in [2.05, 4.69) is 0 Å². The molecule has 3 rings (SSSR count). The van der Waals surface area contributed by atoms with Crippen LogP contribution in [-0.4, -0.2) is 35.2 Å². The monoisotopic (exact) mass is 294 g/mol. The van der Waals surface area contributed by atoms with E-state index in [1.807, 2.05) is 0 Å². The molecule has 1 saturated carbocycles. The number of carboxylic acids is 1. The number of carboxylic acid groups (broad SMARTS) is 1. The quantitative estimate of drug-likeness (QED) is 0.880. The minimum Gasteiger partial charge on any atom is -0.490 e. The van der Waals surface area contributed by atoms with E-state index in [0.29, 0.717) is 42.9 Å². The Morgan fingerprint density at radius 3 is 2.71 bits per heavy atom. The molecule has 6 nitrogen and oxygen atoms in total. The molecule has 0 aromatic heterocycles. The van der Waals surface area contributed by atoms with Crippen molar-refractivity contribution in [3.05, 3.63) is 18.2 Å². The van der Waals surface area contributed by atoms with Crippen LogP contribution in [0.15, 0.2) is 18.2 Å². The summed E-state index contributed by atoms with van der Waals surface area (Å²) in [4.78, 5) is 10.9. The van der Waals surface area contributed by atoms with Crippen molar-refractivity contribution in [1.29, 1.82) is 0 Å². The lowest BCUT2D eigenvalue weighted by Crippen LogP contribution is -2.41. The first-order valence-electron chi connectivity index (χ1n) is 7.03. The molecule has 6 heteroatoms. The molecule has 21 heavy (non-hydrogen) atoms. The highest BCUT2D eigenvalue weighted by molar-refractivity contribution is 5.70. The van der Waals surface area contributed by atoms with Gasteiger partial charge in [0.05, 0.1) is 11.5 Å². The number of benzene rings is 1. The third kappa shape index (κ3) is 3.05. The Morgan fingerprint density at radius 2 is 2.00 bits per heavy atom. The van der Waals surface area contributed by atoms with Crippen molar-refractivity contribution in [2.45, 2.75) is 31.3 Å². The van der Waals surface area contributed by atoms with Gasteiger partial charge >= 0.3 is 5.97 Å². The number of carbonyl (C=O) groups is 1. The Hall–Kier alpha value is -1.95. The molecule has 1 aromatic carbocycles. The summed E-state index contributed by atoms with van der Waals surface area (Å²) in [5.41, 5.74) is -0.956. The van der Waals surface area contributed by atoms with Gasteiger partial charge in [-0.1, -0.05) is 0 Å². The molecule has 0 atom stereocenters. The molecule has 0 bridgehead atoms. The summed E-state index contributed by atoms with van der Waals surface area (Å²) in [6.45, 7) is 0.359.